The molecule has 1 aliphatic heterocycles. The summed E-state index contributed by atoms with van der Waals surface area (Å²) in [5, 5.41) is 3.51. The molecule has 3 aromatic rings. The molecule has 1 saturated heterocycles. The van der Waals surface area contributed by atoms with Crippen LogP contribution in [0.5, 0.6) is 0 Å². The molecule has 2 aromatic carbocycles. The monoisotopic (exact) mass is 721 g/mol. The number of alkyl halides is 3. The van der Waals surface area contributed by atoms with Gasteiger partial charge in [0.25, 0.3) is 13.9 Å². The Morgan fingerprint density at radius 3 is 2.25 bits per heavy atom. The predicted octanol–water partition coefficient (Wildman–Crippen LogP) is 4.17. The lowest BCUT2D eigenvalue weighted by Crippen LogP contribution is -2.67. The van der Waals surface area contributed by atoms with E-state index in [1.165, 1.54) is 21.6 Å². The van der Waals surface area contributed by atoms with Gasteiger partial charge in [-0.1, -0.05) is 115 Å². The molecule has 1 unspecified atom stereocenters. The summed E-state index contributed by atoms with van der Waals surface area (Å²) in [7, 11) is 0.138. The first-order valence-corrected chi connectivity index (χ1v) is 19.6. The molecule has 0 bridgehead atoms. The van der Waals surface area contributed by atoms with Gasteiger partial charge in [0, 0.05) is 12.6 Å². The zero-order chi connectivity index (χ0) is 35.1. The molecule has 2 heterocycles. The van der Waals surface area contributed by atoms with Gasteiger partial charge in [-0.2, -0.15) is 13.2 Å². The number of nitrogens with one attached hydrogen (secondary N) is 2. The van der Waals surface area contributed by atoms with Gasteiger partial charge in [-0.05, 0) is 28.6 Å². The second-order valence-corrected chi connectivity index (χ2v) is 19.1. The molecule has 4 rings (SSSR count). The van der Waals surface area contributed by atoms with Gasteiger partial charge in [0.2, 0.25) is 0 Å². The third kappa shape index (κ3) is 8.85. The smallest absolute Gasteiger partial charge is 0.405 e. The molecule has 4 atom stereocenters. The molecule has 0 spiro atoms. The molecular weight excluding hydrogens is 684 g/mol. The first-order chi connectivity index (χ1) is 22.7. The summed E-state index contributed by atoms with van der Waals surface area (Å²) in [6.07, 6.45) is -3.64. The number of rotatable bonds is 11. The van der Waals surface area contributed by atoms with Crippen LogP contribution in [0.15, 0.2) is 76.4 Å². The topological polar surface area (TPSA) is 112 Å². The quantitative estimate of drug-likeness (QED) is 0.132. The van der Waals surface area contributed by atoms with E-state index in [2.05, 4.69) is 61.9 Å². The van der Waals surface area contributed by atoms with Crippen LogP contribution < -0.4 is 26.9 Å². The summed E-state index contributed by atoms with van der Waals surface area (Å²) in [4.78, 5) is 38.7. The number of aromatic nitrogens is 2. The van der Waals surface area contributed by atoms with Crippen molar-refractivity contribution >= 4 is 46.2 Å². The highest BCUT2D eigenvalue weighted by molar-refractivity contribution is 8.76. The zero-order valence-corrected chi connectivity index (χ0v) is 29.8. The first kappa shape index (κ1) is 37.6. The van der Waals surface area contributed by atoms with E-state index >= 15 is 0 Å². The summed E-state index contributed by atoms with van der Waals surface area (Å²) >= 11 is 0. The van der Waals surface area contributed by atoms with Gasteiger partial charge in [0.1, 0.15) is 23.3 Å². The van der Waals surface area contributed by atoms with Crippen LogP contribution in [0, 0.1) is 11.8 Å². The van der Waals surface area contributed by atoms with Crippen molar-refractivity contribution in [3.05, 3.63) is 93.3 Å². The SMILES string of the molecule is CSS[C@H](C)OC1C[C@H](n2cc(C#CCNC(=O)C(F)(F)F)c(=O)[nH]c2=O)O[C@@H]1CO[Si](c1ccccc1)(c1ccccc1)C(C)(C)C. The Bertz CT molecular complexity index is 1680. The van der Waals surface area contributed by atoms with Gasteiger partial charge >= 0.3 is 17.8 Å². The Hall–Kier alpha value is -3.26. The molecule has 258 valence electrons. The van der Waals surface area contributed by atoms with Gasteiger partial charge in [-0.15, -0.1) is 0 Å². The van der Waals surface area contributed by atoms with E-state index in [4.69, 9.17) is 13.9 Å². The lowest BCUT2D eigenvalue weighted by atomic mass is 10.2. The molecular formula is C33H38F3N3O6S2Si. The predicted molar refractivity (Wildman–Crippen MR) is 185 cm³/mol. The van der Waals surface area contributed by atoms with Crippen LogP contribution in [0.3, 0.4) is 0 Å². The van der Waals surface area contributed by atoms with Crippen molar-refractivity contribution in [1.82, 2.24) is 14.9 Å². The molecule has 15 heteroatoms. The van der Waals surface area contributed by atoms with Crippen LogP contribution in [0.25, 0.3) is 0 Å². The van der Waals surface area contributed by atoms with Crippen LogP contribution >= 0.6 is 21.6 Å². The second-order valence-electron chi connectivity index (χ2n) is 12.0. The average Bonchev–Trinajstić information content (AvgIpc) is 3.42. The maximum Gasteiger partial charge on any atom is 0.471 e. The number of nitrogens with zero attached hydrogens (tertiary/aromatic N) is 1. The van der Waals surface area contributed by atoms with Crippen LogP contribution in [0.2, 0.25) is 5.04 Å². The maximum atomic E-state index is 13.0. The van der Waals surface area contributed by atoms with Crippen LogP contribution in [-0.4, -0.2) is 67.0 Å². The van der Waals surface area contributed by atoms with E-state index < -0.39 is 56.6 Å². The van der Waals surface area contributed by atoms with Crippen molar-refractivity contribution in [2.75, 3.05) is 19.4 Å². The third-order valence-electron chi connectivity index (χ3n) is 7.76. The van der Waals surface area contributed by atoms with Crippen molar-refractivity contribution in [3.8, 4) is 11.8 Å². The normalized spacial score (nSPS) is 19.0. The molecule has 48 heavy (non-hydrogen) atoms. The third-order valence-corrected chi connectivity index (χ3v) is 14.7. The maximum absolute atomic E-state index is 13.0. The fourth-order valence-electron chi connectivity index (χ4n) is 5.69. The Balaban J connectivity index is 1.66. The fourth-order valence-corrected chi connectivity index (χ4v) is 11.7. The van der Waals surface area contributed by atoms with Gasteiger partial charge in [0.05, 0.1) is 19.3 Å². The Kier molecular flexibility index (Phi) is 12.5. The van der Waals surface area contributed by atoms with E-state index in [1.54, 1.807) is 16.1 Å². The number of benzene rings is 2. The minimum Gasteiger partial charge on any atom is -0.405 e. The molecule has 2 N–H and O–H groups in total. The van der Waals surface area contributed by atoms with Gasteiger partial charge in [0.15, 0.2) is 0 Å². The number of ether oxygens (including phenoxy) is 2. The number of H-pyrrole nitrogens is 1. The van der Waals surface area contributed by atoms with E-state index in [0.717, 1.165) is 10.4 Å². The lowest BCUT2D eigenvalue weighted by Gasteiger charge is -2.43. The Morgan fingerprint density at radius 2 is 1.71 bits per heavy atom. The molecule has 1 amide bonds. The molecule has 9 nitrogen and oxygen atoms in total. The zero-order valence-electron chi connectivity index (χ0n) is 27.1. The van der Waals surface area contributed by atoms with E-state index in [1.807, 2.05) is 49.6 Å². The van der Waals surface area contributed by atoms with Crippen molar-refractivity contribution in [2.24, 2.45) is 0 Å². The number of aromatic amines is 1. The second kappa shape index (κ2) is 16.0. The largest absolute Gasteiger partial charge is 0.471 e. The van der Waals surface area contributed by atoms with E-state index in [0.29, 0.717) is 0 Å². The summed E-state index contributed by atoms with van der Waals surface area (Å²) in [5.41, 5.74) is -1.98. The van der Waals surface area contributed by atoms with Crippen molar-refractivity contribution < 1.29 is 31.9 Å². The number of hydrogen-bond donors (Lipinski definition) is 2. The molecule has 1 aromatic heterocycles. The standard InChI is InChI=1S/C33H38F3N3O6S2Si/c1-22(47-46-5)44-26-19-28(39-20-23(29(40)38-31(39)42)13-12-18-37-30(41)33(34,35)36)45-27(26)21-43-48(32(2,3)4,24-14-8-6-9-15-24)25-16-10-7-11-17-25/h6-11,14-17,20,22,26-28H,18-19,21H2,1-5H3,(H,37,41)(H,38,40,42)/t22-,26?,27-,28-/m1/s1. The Labute approximate surface area is 285 Å². The van der Waals surface area contributed by atoms with Crippen LogP contribution in [0.1, 0.15) is 45.9 Å². The molecule has 1 fully saturated rings. The summed E-state index contributed by atoms with van der Waals surface area (Å²) in [5.74, 6) is 2.60. The summed E-state index contributed by atoms with van der Waals surface area (Å²) in [6, 6.07) is 20.3. The molecule has 0 radical (unpaired) electrons. The highest BCUT2D eigenvalue weighted by atomic mass is 33.1. The Morgan fingerprint density at radius 1 is 1.10 bits per heavy atom. The summed E-state index contributed by atoms with van der Waals surface area (Å²) in [6.45, 7) is 7.92. The number of carbonyl (C=O) groups is 1. The highest BCUT2D eigenvalue weighted by Crippen LogP contribution is 2.39. The number of hydrogen-bond acceptors (Lipinski definition) is 8. The van der Waals surface area contributed by atoms with Crippen LogP contribution in [0.4, 0.5) is 13.2 Å². The van der Waals surface area contributed by atoms with Gasteiger partial charge in [-0.3, -0.25) is 19.1 Å². The average molecular weight is 722 g/mol. The van der Waals surface area contributed by atoms with E-state index in [9.17, 15) is 27.6 Å². The van der Waals surface area contributed by atoms with Crippen molar-refractivity contribution in [2.45, 2.75) is 69.2 Å². The van der Waals surface area contributed by atoms with Gasteiger partial charge in [-0.25, -0.2) is 4.79 Å². The molecule has 0 saturated carbocycles. The number of halogens is 3. The van der Waals surface area contributed by atoms with Crippen LogP contribution in [-0.2, 0) is 18.7 Å². The van der Waals surface area contributed by atoms with E-state index in [-0.39, 0.29) is 29.1 Å². The minimum atomic E-state index is -5.06. The summed E-state index contributed by atoms with van der Waals surface area (Å²) < 4.78 is 58.6. The number of amides is 1. The lowest BCUT2D eigenvalue weighted by molar-refractivity contribution is -0.173. The number of carbonyl (C=O) groups excluding carboxylic acids is 1. The first-order valence-electron chi connectivity index (χ1n) is 15.1. The fraction of sp³-hybridized carbons (Fsp3) is 0.424. The minimum absolute atomic E-state index is 0.148. The highest BCUT2D eigenvalue weighted by Gasteiger charge is 2.51. The molecule has 1 aliphatic rings. The van der Waals surface area contributed by atoms with Crippen molar-refractivity contribution in [1.29, 1.82) is 0 Å². The van der Waals surface area contributed by atoms with Crippen molar-refractivity contribution in [3.63, 3.8) is 0 Å². The molecule has 0 aliphatic carbocycles. The van der Waals surface area contributed by atoms with Gasteiger partial charge < -0.3 is 19.2 Å².